The van der Waals surface area contributed by atoms with Gasteiger partial charge >= 0.3 is 14.8 Å². The van der Waals surface area contributed by atoms with Crippen LogP contribution in [0.1, 0.15) is 54.4 Å². The minimum absolute atomic E-state index is 0.287. The average molecular weight is 322 g/mol. The molecule has 0 aliphatic carbocycles. The molecule has 126 valence electrons. The number of carbonyl (C=O) groups excluding carboxylic acids is 1. The van der Waals surface area contributed by atoms with Crippen LogP contribution in [0, 0.1) is 0 Å². The van der Waals surface area contributed by atoms with E-state index in [9.17, 15) is 4.79 Å². The zero-order chi connectivity index (χ0) is 16.3. The molecule has 0 saturated heterocycles. The Labute approximate surface area is 129 Å². The third-order valence-electron chi connectivity index (χ3n) is 2.78. The molecule has 6 nitrogen and oxygen atoms in total. The van der Waals surface area contributed by atoms with Gasteiger partial charge in [-0.2, -0.15) is 0 Å². The lowest BCUT2D eigenvalue weighted by Gasteiger charge is -2.34. The summed E-state index contributed by atoms with van der Waals surface area (Å²) in [6, 6.07) is 0. The number of carbonyl (C=O) groups is 1. The maximum atomic E-state index is 11.4. The Hall–Kier alpha value is -0.473. The highest BCUT2D eigenvalue weighted by molar-refractivity contribution is 6.62. The highest BCUT2D eigenvalue weighted by Gasteiger charge is 2.49. The van der Waals surface area contributed by atoms with Gasteiger partial charge in [0.05, 0.1) is 0 Å². The third kappa shape index (κ3) is 6.88. The Bertz CT molecular complexity index is 270. The van der Waals surface area contributed by atoms with E-state index in [4.69, 9.17) is 22.8 Å². The Morgan fingerprint density at radius 1 is 0.952 bits per heavy atom. The average Bonchev–Trinajstić information content (AvgIpc) is 2.46. The van der Waals surface area contributed by atoms with Crippen molar-refractivity contribution in [2.45, 2.75) is 66.4 Å². The predicted octanol–water partition coefficient (Wildman–Crippen LogP) is 2.67. The van der Waals surface area contributed by atoms with Crippen LogP contribution in [0.4, 0.5) is 0 Å². The van der Waals surface area contributed by atoms with Crippen LogP contribution in [0.25, 0.3) is 0 Å². The SMILES string of the molecule is CCO[Si](OCC)(OCC)C(C)OC(CC)OC(=O)CC. The van der Waals surface area contributed by atoms with Crippen LogP contribution < -0.4 is 0 Å². The number of ether oxygens (including phenoxy) is 2. The summed E-state index contributed by atoms with van der Waals surface area (Å²) in [6.45, 7) is 12.6. The summed E-state index contributed by atoms with van der Waals surface area (Å²) in [4.78, 5) is 11.4. The van der Waals surface area contributed by atoms with Crippen molar-refractivity contribution in [3.8, 4) is 0 Å². The Morgan fingerprint density at radius 3 is 1.76 bits per heavy atom. The predicted molar refractivity (Wildman–Crippen MR) is 81.6 cm³/mol. The van der Waals surface area contributed by atoms with Crippen molar-refractivity contribution in [3.63, 3.8) is 0 Å². The molecule has 2 atom stereocenters. The van der Waals surface area contributed by atoms with Crippen molar-refractivity contribution < 1.29 is 27.5 Å². The van der Waals surface area contributed by atoms with E-state index >= 15 is 0 Å². The van der Waals surface area contributed by atoms with Crippen LogP contribution >= 0.6 is 0 Å². The molecule has 0 spiro atoms. The van der Waals surface area contributed by atoms with Crippen LogP contribution in [0.15, 0.2) is 0 Å². The zero-order valence-corrected chi connectivity index (χ0v) is 15.1. The van der Waals surface area contributed by atoms with Gasteiger partial charge in [-0.3, -0.25) is 4.79 Å². The molecule has 0 N–H and O–H groups in total. The van der Waals surface area contributed by atoms with Crippen molar-refractivity contribution in [1.29, 1.82) is 0 Å². The molecule has 0 saturated carbocycles. The van der Waals surface area contributed by atoms with Gasteiger partial charge in [-0.15, -0.1) is 0 Å². The van der Waals surface area contributed by atoms with E-state index in [0.717, 1.165) is 0 Å². The summed E-state index contributed by atoms with van der Waals surface area (Å²) >= 11 is 0. The summed E-state index contributed by atoms with van der Waals surface area (Å²) in [5, 5.41) is 0. The molecule has 2 unspecified atom stereocenters. The molecule has 0 rings (SSSR count). The standard InChI is InChI=1S/C14H30O6Si/c1-7-13(15)20-14(8-2)19-12(6)21(16-9-3,17-10-4)18-11-5/h12,14H,7-11H2,1-6H3. The Morgan fingerprint density at radius 2 is 1.43 bits per heavy atom. The highest BCUT2D eigenvalue weighted by atomic mass is 28.4. The Kier molecular flexibility index (Phi) is 10.9. The highest BCUT2D eigenvalue weighted by Crippen LogP contribution is 2.20. The summed E-state index contributed by atoms with van der Waals surface area (Å²) in [5.74, 6) is -0.287. The molecule has 0 aliphatic heterocycles. The molecule has 7 heteroatoms. The fourth-order valence-corrected chi connectivity index (χ4v) is 4.31. The van der Waals surface area contributed by atoms with E-state index in [1.807, 2.05) is 34.6 Å². The topological polar surface area (TPSA) is 63.2 Å². The lowest BCUT2D eigenvalue weighted by molar-refractivity contribution is -0.187. The van der Waals surface area contributed by atoms with Crippen molar-refractivity contribution in [3.05, 3.63) is 0 Å². The Balaban J connectivity index is 4.90. The molecular weight excluding hydrogens is 292 g/mol. The summed E-state index contributed by atoms with van der Waals surface area (Å²) < 4.78 is 28.4. The lowest BCUT2D eigenvalue weighted by Crippen LogP contribution is -2.57. The molecule has 0 bridgehead atoms. The van der Waals surface area contributed by atoms with Gasteiger partial charge in [0.1, 0.15) is 5.73 Å². The first-order valence-electron chi connectivity index (χ1n) is 7.76. The number of esters is 1. The van der Waals surface area contributed by atoms with Gasteiger partial charge in [-0.05, 0) is 27.7 Å². The molecule has 0 radical (unpaired) electrons. The molecule has 21 heavy (non-hydrogen) atoms. The molecule has 0 aromatic carbocycles. The minimum Gasteiger partial charge on any atom is -0.436 e. The van der Waals surface area contributed by atoms with Crippen LogP contribution in [0.3, 0.4) is 0 Å². The van der Waals surface area contributed by atoms with Crippen LogP contribution in [0.5, 0.6) is 0 Å². The van der Waals surface area contributed by atoms with E-state index in [0.29, 0.717) is 32.7 Å². The summed E-state index contributed by atoms with van der Waals surface area (Å²) in [5.41, 5.74) is -0.410. The molecule has 0 heterocycles. The van der Waals surface area contributed by atoms with Crippen molar-refractivity contribution in [2.24, 2.45) is 0 Å². The molecule has 0 aromatic heterocycles. The monoisotopic (exact) mass is 322 g/mol. The molecule has 0 aliphatic rings. The number of hydrogen-bond acceptors (Lipinski definition) is 6. The second-order valence-corrected chi connectivity index (χ2v) is 7.25. The maximum absolute atomic E-state index is 11.4. The zero-order valence-electron chi connectivity index (χ0n) is 14.1. The van der Waals surface area contributed by atoms with Crippen LogP contribution in [0.2, 0.25) is 0 Å². The van der Waals surface area contributed by atoms with E-state index in [-0.39, 0.29) is 5.97 Å². The number of hydrogen-bond donors (Lipinski definition) is 0. The maximum Gasteiger partial charge on any atom is 0.531 e. The largest absolute Gasteiger partial charge is 0.531 e. The van der Waals surface area contributed by atoms with Crippen LogP contribution in [-0.2, 0) is 27.5 Å². The third-order valence-corrected chi connectivity index (χ3v) is 5.98. The van der Waals surface area contributed by atoms with Gasteiger partial charge in [0, 0.05) is 32.7 Å². The summed E-state index contributed by atoms with van der Waals surface area (Å²) in [7, 11) is -2.95. The van der Waals surface area contributed by atoms with Crippen molar-refractivity contribution >= 4 is 14.8 Å². The lowest BCUT2D eigenvalue weighted by atomic mass is 10.4. The van der Waals surface area contributed by atoms with Gasteiger partial charge in [-0.25, -0.2) is 0 Å². The smallest absolute Gasteiger partial charge is 0.436 e. The van der Waals surface area contributed by atoms with Crippen molar-refractivity contribution in [1.82, 2.24) is 0 Å². The quantitative estimate of drug-likeness (QED) is 0.313. The second kappa shape index (κ2) is 11.1. The van der Waals surface area contributed by atoms with E-state index in [2.05, 4.69) is 0 Å². The number of rotatable bonds is 12. The van der Waals surface area contributed by atoms with E-state index in [1.165, 1.54) is 0 Å². The van der Waals surface area contributed by atoms with E-state index in [1.54, 1.807) is 6.92 Å². The fourth-order valence-electron chi connectivity index (χ4n) is 1.83. The van der Waals surface area contributed by atoms with Gasteiger partial charge in [0.15, 0.2) is 0 Å². The molecular formula is C14H30O6Si. The van der Waals surface area contributed by atoms with Gasteiger partial charge in [0.2, 0.25) is 6.29 Å². The van der Waals surface area contributed by atoms with E-state index < -0.39 is 20.8 Å². The van der Waals surface area contributed by atoms with Crippen molar-refractivity contribution in [2.75, 3.05) is 19.8 Å². The minimum atomic E-state index is -2.95. The molecule has 0 amide bonds. The second-order valence-electron chi connectivity index (χ2n) is 4.36. The molecule has 0 aromatic rings. The first kappa shape index (κ1) is 20.5. The van der Waals surface area contributed by atoms with Gasteiger partial charge < -0.3 is 22.8 Å². The summed E-state index contributed by atoms with van der Waals surface area (Å²) in [6.07, 6.45) is 0.269. The molecule has 0 fully saturated rings. The van der Waals surface area contributed by atoms with Gasteiger partial charge in [0.25, 0.3) is 0 Å². The fraction of sp³-hybridized carbons (Fsp3) is 0.929. The van der Waals surface area contributed by atoms with Crippen LogP contribution in [-0.4, -0.2) is 46.6 Å². The normalized spacial score (nSPS) is 14.8. The first-order chi connectivity index (χ1) is 9.99. The van der Waals surface area contributed by atoms with Gasteiger partial charge in [-0.1, -0.05) is 13.8 Å². The first-order valence-corrected chi connectivity index (χ1v) is 9.56.